The number of unbranched alkanes of at least 4 members (excludes halogenated alkanes) is 2. The molecule has 1 aromatic rings. The number of carboxylic acids is 1. The van der Waals surface area contributed by atoms with Crippen LogP contribution in [0.2, 0.25) is 0 Å². The number of rotatable bonds is 8. The minimum atomic E-state index is -0.769. The maximum absolute atomic E-state index is 12.1. The number of carboxylic acid groups (broad SMARTS) is 1. The fourth-order valence-corrected chi connectivity index (χ4v) is 2.89. The van der Waals surface area contributed by atoms with Crippen LogP contribution in [-0.4, -0.2) is 41.6 Å². The van der Waals surface area contributed by atoms with Crippen molar-refractivity contribution in [3.05, 3.63) is 23.9 Å². The second kappa shape index (κ2) is 9.90. The summed E-state index contributed by atoms with van der Waals surface area (Å²) in [7, 11) is 0. The predicted octanol–water partition coefficient (Wildman–Crippen LogP) is 2.84. The van der Waals surface area contributed by atoms with E-state index in [-0.39, 0.29) is 12.3 Å². The molecule has 0 bridgehead atoms. The third-order valence-electron chi connectivity index (χ3n) is 4.29. The van der Waals surface area contributed by atoms with Gasteiger partial charge in [-0.05, 0) is 37.8 Å². The first-order chi connectivity index (χ1) is 11.7. The zero-order chi connectivity index (χ0) is 17.2. The van der Waals surface area contributed by atoms with Crippen molar-refractivity contribution in [3.63, 3.8) is 0 Å². The molecule has 0 spiro atoms. The average Bonchev–Trinajstić information content (AvgIpc) is 2.87. The van der Waals surface area contributed by atoms with Crippen LogP contribution in [0.25, 0.3) is 0 Å². The molecular formula is C18H27N3O3. The molecule has 0 atom stereocenters. The highest BCUT2D eigenvalue weighted by Gasteiger charge is 2.12. The Kier molecular flexibility index (Phi) is 7.52. The van der Waals surface area contributed by atoms with Crippen LogP contribution < -0.4 is 10.2 Å². The number of pyridine rings is 1. The van der Waals surface area contributed by atoms with E-state index in [2.05, 4.69) is 15.2 Å². The van der Waals surface area contributed by atoms with E-state index in [4.69, 9.17) is 5.11 Å². The Labute approximate surface area is 143 Å². The van der Waals surface area contributed by atoms with Crippen molar-refractivity contribution < 1.29 is 14.7 Å². The van der Waals surface area contributed by atoms with Gasteiger partial charge < -0.3 is 15.3 Å². The molecule has 24 heavy (non-hydrogen) atoms. The zero-order valence-corrected chi connectivity index (χ0v) is 14.2. The summed E-state index contributed by atoms with van der Waals surface area (Å²) in [4.78, 5) is 29.2. The van der Waals surface area contributed by atoms with Crippen molar-refractivity contribution in [2.24, 2.45) is 0 Å². The summed E-state index contributed by atoms with van der Waals surface area (Å²) in [5.74, 6) is 0.0554. The Morgan fingerprint density at radius 1 is 1.08 bits per heavy atom. The number of hydrogen-bond acceptors (Lipinski definition) is 4. The van der Waals surface area contributed by atoms with Gasteiger partial charge in [-0.1, -0.05) is 19.3 Å². The van der Waals surface area contributed by atoms with E-state index in [0.29, 0.717) is 18.5 Å². The fraction of sp³-hybridized carbons (Fsp3) is 0.611. The topological polar surface area (TPSA) is 82.5 Å². The van der Waals surface area contributed by atoms with Gasteiger partial charge in [-0.25, -0.2) is 4.98 Å². The van der Waals surface area contributed by atoms with E-state index in [1.165, 1.54) is 25.7 Å². The number of aromatic nitrogens is 1. The lowest BCUT2D eigenvalue weighted by atomic mass is 10.2. The predicted molar refractivity (Wildman–Crippen MR) is 93.4 cm³/mol. The molecule has 1 aliphatic heterocycles. The van der Waals surface area contributed by atoms with E-state index >= 15 is 0 Å². The number of carbonyl (C=O) groups is 2. The van der Waals surface area contributed by atoms with Crippen LogP contribution in [0.4, 0.5) is 5.82 Å². The van der Waals surface area contributed by atoms with Crippen molar-refractivity contribution in [2.45, 2.75) is 51.4 Å². The normalized spacial score (nSPS) is 14.9. The van der Waals surface area contributed by atoms with E-state index in [0.717, 1.165) is 31.7 Å². The molecule has 0 radical (unpaired) electrons. The van der Waals surface area contributed by atoms with Crippen molar-refractivity contribution >= 4 is 17.7 Å². The summed E-state index contributed by atoms with van der Waals surface area (Å²) < 4.78 is 0. The van der Waals surface area contributed by atoms with Gasteiger partial charge in [0.2, 0.25) is 0 Å². The highest BCUT2D eigenvalue weighted by Crippen LogP contribution is 2.17. The smallest absolute Gasteiger partial charge is 0.303 e. The lowest BCUT2D eigenvalue weighted by molar-refractivity contribution is -0.137. The standard InChI is InChI=1S/C18H27N3O3/c22-17(23)8-4-3-5-11-19-18(24)15-9-10-16(20-14-15)21-12-6-1-2-7-13-21/h9-10,14H,1-8,11-13H2,(H,19,24)(H,22,23). The van der Waals surface area contributed by atoms with E-state index in [9.17, 15) is 9.59 Å². The highest BCUT2D eigenvalue weighted by molar-refractivity contribution is 5.94. The van der Waals surface area contributed by atoms with Gasteiger partial charge in [0.1, 0.15) is 5.82 Å². The SMILES string of the molecule is O=C(O)CCCCCNC(=O)c1ccc(N2CCCCCC2)nc1. The highest BCUT2D eigenvalue weighted by atomic mass is 16.4. The molecule has 1 aromatic heterocycles. The van der Waals surface area contributed by atoms with Crippen LogP contribution in [0.15, 0.2) is 18.3 Å². The molecule has 132 valence electrons. The van der Waals surface area contributed by atoms with Crippen LogP contribution >= 0.6 is 0 Å². The van der Waals surface area contributed by atoms with Crippen molar-refractivity contribution in [3.8, 4) is 0 Å². The second-order valence-corrected chi connectivity index (χ2v) is 6.27. The number of anilines is 1. The molecule has 1 aliphatic rings. The van der Waals surface area contributed by atoms with Gasteiger partial charge in [-0.3, -0.25) is 9.59 Å². The lowest BCUT2D eigenvalue weighted by Gasteiger charge is -2.21. The van der Waals surface area contributed by atoms with Crippen molar-refractivity contribution in [2.75, 3.05) is 24.5 Å². The molecule has 6 heteroatoms. The molecule has 2 rings (SSSR count). The molecule has 2 heterocycles. The van der Waals surface area contributed by atoms with Gasteiger partial charge in [0, 0.05) is 32.3 Å². The average molecular weight is 333 g/mol. The minimum Gasteiger partial charge on any atom is -0.481 e. The fourth-order valence-electron chi connectivity index (χ4n) is 2.89. The molecule has 0 saturated carbocycles. The molecule has 0 aliphatic carbocycles. The first-order valence-corrected chi connectivity index (χ1v) is 8.88. The maximum atomic E-state index is 12.1. The van der Waals surface area contributed by atoms with Crippen LogP contribution in [0, 0.1) is 0 Å². The Balaban J connectivity index is 1.73. The van der Waals surface area contributed by atoms with Gasteiger partial charge >= 0.3 is 5.97 Å². The molecule has 6 nitrogen and oxygen atoms in total. The molecule has 0 unspecified atom stereocenters. The summed E-state index contributed by atoms with van der Waals surface area (Å²) in [5, 5.41) is 11.4. The molecule has 0 aromatic carbocycles. The number of amides is 1. The molecule has 1 saturated heterocycles. The number of hydrogen-bond donors (Lipinski definition) is 2. The Bertz CT molecular complexity index is 523. The van der Waals surface area contributed by atoms with Crippen LogP contribution in [0.1, 0.15) is 61.7 Å². The van der Waals surface area contributed by atoms with Gasteiger partial charge in [0.15, 0.2) is 0 Å². The number of aliphatic carboxylic acids is 1. The molecule has 1 amide bonds. The monoisotopic (exact) mass is 333 g/mol. The number of nitrogens with zero attached hydrogens (tertiary/aromatic N) is 2. The van der Waals surface area contributed by atoms with Gasteiger partial charge in [0.05, 0.1) is 5.56 Å². The molecular weight excluding hydrogens is 306 g/mol. The van der Waals surface area contributed by atoms with Crippen LogP contribution in [-0.2, 0) is 4.79 Å². The third kappa shape index (κ3) is 6.18. The number of nitrogens with one attached hydrogen (secondary N) is 1. The third-order valence-corrected chi connectivity index (χ3v) is 4.29. The molecule has 2 N–H and O–H groups in total. The molecule has 1 fully saturated rings. The zero-order valence-electron chi connectivity index (χ0n) is 14.2. The first-order valence-electron chi connectivity index (χ1n) is 8.88. The van der Waals surface area contributed by atoms with Gasteiger partial charge in [-0.2, -0.15) is 0 Å². The van der Waals surface area contributed by atoms with Crippen molar-refractivity contribution in [1.82, 2.24) is 10.3 Å². The summed E-state index contributed by atoms with van der Waals surface area (Å²) in [6.07, 6.45) is 9.04. The summed E-state index contributed by atoms with van der Waals surface area (Å²) in [5.41, 5.74) is 0.569. The Morgan fingerprint density at radius 3 is 2.46 bits per heavy atom. The number of carbonyl (C=O) groups excluding carboxylic acids is 1. The van der Waals surface area contributed by atoms with Crippen LogP contribution in [0.5, 0.6) is 0 Å². The van der Waals surface area contributed by atoms with E-state index in [1.807, 2.05) is 12.1 Å². The Morgan fingerprint density at radius 2 is 1.83 bits per heavy atom. The lowest BCUT2D eigenvalue weighted by Crippen LogP contribution is -2.26. The minimum absolute atomic E-state index is 0.122. The largest absolute Gasteiger partial charge is 0.481 e. The van der Waals surface area contributed by atoms with Gasteiger partial charge in [0.25, 0.3) is 5.91 Å². The summed E-state index contributed by atoms with van der Waals surface area (Å²) in [6.45, 7) is 2.64. The summed E-state index contributed by atoms with van der Waals surface area (Å²) in [6, 6.07) is 3.75. The van der Waals surface area contributed by atoms with E-state index < -0.39 is 5.97 Å². The summed E-state index contributed by atoms with van der Waals surface area (Å²) >= 11 is 0. The first kappa shape index (κ1) is 18.2. The van der Waals surface area contributed by atoms with Crippen LogP contribution in [0.3, 0.4) is 0 Å². The van der Waals surface area contributed by atoms with E-state index in [1.54, 1.807) is 6.20 Å². The van der Waals surface area contributed by atoms with Crippen molar-refractivity contribution in [1.29, 1.82) is 0 Å². The quantitative estimate of drug-likeness (QED) is 0.715. The second-order valence-electron chi connectivity index (χ2n) is 6.27. The Hall–Kier alpha value is -2.11. The van der Waals surface area contributed by atoms with Gasteiger partial charge in [-0.15, -0.1) is 0 Å². The maximum Gasteiger partial charge on any atom is 0.303 e.